The maximum Gasteiger partial charge on any atom is 0.00684 e. The van der Waals surface area contributed by atoms with E-state index in [2.05, 4.69) is 19.2 Å². The van der Waals surface area contributed by atoms with E-state index >= 15 is 0 Å². The lowest BCUT2D eigenvalue weighted by atomic mass is 9.79. The van der Waals surface area contributed by atoms with Crippen LogP contribution in [0.5, 0.6) is 0 Å². The summed E-state index contributed by atoms with van der Waals surface area (Å²) in [6, 6.07) is 0.883. The van der Waals surface area contributed by atoms with Crippen LogP contribution < -0.4 is 5.32 Å². The quantitative estimate of drug-likeness (QED) is 0.580. The zero-order valence-electron chi connectivity index (χ0n) is 11.2. The Morgan fingerprint density at radius 3 is 2.38 bits per heavy atom. The Kier molecular flexibility index (Phi) is 4.29. The second kappa shape index (κ2) is 5.53. The van der Waals surface area contributed by atoms with Crippen LogP contribution in [-0.2, 0) is 0 Å². The third-order valence-corrected chi connectivity index (χ3v) is 4.54. The fourth-order valence-electron chi connectivity index (χ4n) is 2.84. The Morgan fingerprint density at radius 2 is 1.81 bits per heavy atom. The lowest BCUT2D eigenvalue weighted by molar-refractivity contribution is 0.227. The first-order chi connectivity index (χ1) is 7.74. The third kappa shape index (κ3) is 3.76. The molecule has 2 aliphatic carbocycles. The fraction of sp³-hybridized carbons (Fsp3) is 1.00. The van der Waals surface area contributed by atoms with E-state index in [1.165, 1.54) is 64.3 Å². The van der Waals surface area contributed by atoms with Crippen LogP contribution in [0.1, 0.15) is 71.6 Å². The standard InChI is InChI=1S/C15H29N/c1-3-4-5-6-11-15(2,13-7-8-13)12-16-14-9-10-14/h13-14,16H,3-12H2,1-2H3. The van der Waals surface area contributed by atoms with E-state index in [9.17, 15) is 0 Å². The Labute approximate surface area is 101 Å². The van der Waals surface area contributed by atoms with Crippen molar-refractivity contribution >= 4 is 0 Å². The van der Waals surface area contributed by atoms with Crippen LogP contribution in [-0.4, -0.2) is 12.6 Å². The van der Waals surface area contributed by atoms with Gasteiger partial charge >= 0.3 is 0 Å². The molecule has 0 aromatic heterocycles. The fourth-order valence-corrected chi connectivity index (χ4v) is 2.84. The number of hydrogen-bond acceptors (Lipinski definition) is 1. The Balaban J connectivity index is 1.68. The second-order valence-electron chi connectivity index (χ2n) is 6.39. The molecule has 0 spiro atoms. The monoisotopic (exact) mass is 223 g/mol. The topological polar surface area (TPSA) is 12.0 Å². The highest BCUT2D eigenvalue weighted by Crippen LogP contribution is 2.48. The van der Waals surface area contributed by atoms with Crippen LogP contribution >= 0.6 is 0 Å². The van der Waals surface area contributed by atoms with Crippen LogP contribution in [0.15, 0.2) is 0 Å². The molecule has 0 aromatic rings. The smallest absolute Gasteiger partial charge is 0.00684 e. The molecule has 0 bridgehead atoms. The lowest BCUT2D eigenvalue weighted by Gasteiger charge is -2.30. The van der Waals surface area contributed by atoms with Crippen LogP contribution in [0, 0.1) is 11.3 Å². The van der Waals surface area contributed by atoms with E-state index < -0.39 is 0 Å². The molecule has 0 saturated heterocycles. The minimum Gasteiger partial charge on any atom is -0.313 e. The van der Waals surface area contributed by atoms with Crippen LogP contribution in [0.25, 0.3) is 0 Å². The molecule has 2 fully saturated rings. The van der Waals surface area contributed by atoms with Crippen molar-refractivity contribution in [3.05, 3.63) is 0 Å². The predicted octanol–water partition coefficient (Wildman–Crippen LogP) is 4.13. The molecule has 94 valence electrons. The second-order valence-corrected chi connectivity index (χ2v) is 6.39. The average Bonchev–Trinajstić information content (AvgIpc) is 3.15. The highest BCUT2D eigenvalue weighted by molar-refractivity contribution is 4.94. The molecule has 2 rings (SSSR count). The zero-order valence-corrected chi connectivity index (χ0v) is 11.2. The molecular formula is C15H29N. The molecule has 1 unspecified atom stereocenters. The summed E-state index contributed by atoms with van der Waals surface area (Å²) >= 11 is 0. The maximum atomic E-state index is 3.76. The van der Waals surface area contributed by atoms with Gasteiger partial charge in [0.15, 0.2) is 0 Å². The van der Waals surface area contributed by atoms with Gasteiger partial charge in [-0.25, -0.2) is 0 Å². The molecule has 0 radical (unpaired) electrons. The van der Waals surface area contributed by atoms with Gasteiger partial charge in [0.1, 0.15) is 0 Å². The molecule has 2 saturated carbocycles. The summed E-state index contributed by atoms with van der Waals surface area (Å²) in [5.41, 5.74) is 0.621. The van der Waals surface area contributed by atoms with E-state index in [0.29, 0.717) is 5.41 Å². The highest BCUT2D eigenvalue weighted by Gasteiger charge is 2.41. The normalized spacial score (nSPS) is 24.4. The maximum absolute atomic E-state index is 3.76. The van der Waals surface area contributed by atoms with Crippen molar-refractivity contribution in [1.29, 1.82) is 0 Å². The van der Waals surface area contributed by atoms with Crippen molar-refractivity contribution in [3.8, 4) is 0 Å². The molecule has 0 heterocycles. The van der Waals surface area contributed by atoms with Crippen molar-refractivity contribution < 1.29 is 0 Å². The van der Waals surface area contributed by atoms with Gasteiger partial charge in [-0.15, -0.1) is 0 Å². The Morgan fingerprint density at radius 1 is 1.06 bits per heavy atom. The molecule has 1 heteroatoms. The van der Waals surface area contributed by atoms with Crippen molar-refractivity contribution in [2.24, 2.45) is 11.3 Å². The molecule has 16 heavy (non-hydrogen) atoms. The molecule has 0 aliphatic heterocycles. The third-order valence-electron chi connectivity index (χ3n) is 4.54. The van der Waals surface area contributed by atoms with E-state index in [4.69, 9.17) is 0 Å². The van der Waals surface area contributed by atoms with Gasteiger partial charge in [-0.05, 0) is 43.4 Å². The van der Waals surface area contributed by atoms with Gasteiger partial charge in [-0.2, -0.15) is 0 Å². The van der Waals surface area contributed by atoms with Crippen molar-refractivity contribution in [1.82, 2.24) is 5.32 Å². The summed E-state index contributed by atoms with van der Waals surface area (Å²) in [5.74, 6) is 1.04. The molecule has 1 N–H and O–H groups in total. The van der Waals surface area contributed by atoms with Crippen molar-refractivity contribution in [2.75, 3.05) is 6.54 Å². The molecule has 1 nitrogen and oxygen atoms in total. The molecule has 0 amide bonds. The van der Waals surface area contributed by atoms with Gasteiger partial charge in [0.2, 0.25) is 0 Å². The summed E-state index contributed by atoms with van der Waals surface area (Å²) in [7, 11) is 0. The first kappa shape index (κ1) is 12.4. The lowest BCUT2D eigenvalue weighted by Crippen LogP contribution is -2.34. The summed E-state index contributed by atoms with van der Waals surface area (Å²) < 4.78 is 0. The van der Waals surface area contributed by atoms with Crippen molar-refractivity contribution in [3.63, 3.8) is 0 Å². The molecule has 1 atom stereocenters. The van der Waals surface area contributed by atoms with Gasteiger partial charge in [0.25, 0.3) is 0 Å². The highest BCUT2D eigenvalue weighted by atomic mass is 15.0. The number of rotatable bonds is 9. The number of unbranched alkanes of at least 4 members (excludes halogenated alkanes) is 3. The van der Waals surface area contributed by atoms with Crippen LogP contribution in [0.2, 0.25) is 0 Å². The first-order valence-corrected chi connectivity index (χ1v) is 7.48. The van der Waals surface area contributed by atoms with E-state index in [-0.39, 0.29) is 0 Å². The average molecular weight is 223 g/mol. The van der Waals surface area contributed by atoms with Gasteiger partial charge in [-0.3, -0.25) is 0 Å². The van der Waals surface area contributed by atoms with Gasteiger partial charge in [0, 0.05) is 12.6 Å². The van der Waals surface area contributed by atoms with Gasteiger partial charge < -0.3 is 5.32 Å². The van der Waals surface area contributed by atoms with E-state index in [0.717, 1.165) is 12.0 Å². The first-order valence-electron chi connectivity index (χ1n) is 7.48. The SMILES string of the molecule is CCCCCCC(C)(CNC1CC1)C1CC1. The zero-order chi connectivity index (χ0) is 11.4. The minimum absolute atomic E-state index is 0.621. The van der Waals surface area contributed by atoms with E-state index in [1.807, 2.05) is 0 Å². The van der Waals surface area contributed by atoms with Crippen LogP contribution in [0.3, 0.4) is 0 Å². The summed E-state index contributed by atoms with van der Waals surface area (Å²) in [5, 5.41) is 3.76. The van der Waals surface area contributed by atoms with Gasteiger partial charge in [-0.1, -0.05) is 39.5 Å². The minimum atomic E-state index is 0.621. The number of hydrogen-bond donors (Lipinski definition) is 1. The van der Waals surface area contributed by atoms with Gasteiger partial charge in [0.05, 0.1) is 0 Å². The Hall–Kier alpha value is -0.0400. The van der Waals surface area contributed by atoms with Crippen LogP contribution in [0.4, 0.5) is 0 Å². The number of nitrogens with one attached hydrogen (secondary N) is 1. The molecule has 0 aromatic carbocycles. The Bertz CT molecular complexity index is 205. The summed E-state index contributed by atoms with van der Waals surface area (Å²) in [6.07, 6.45) is 13.0. The molecular weight excluding hydrogens is 194 g/mol. The largest absolute Gasteiger partial charge is 0.313 e. The van der Waals surface area contributed by atoms with Crippen molar-refractivity contribution in [2.45, 2.75) is 77.7 Å². The summed E-state index contributed by atoms with van der Waals surface area (Å²) in [6.45, 7) is 6.12. The molecule has 2 aliphatic rings. The predicted molar refractivity (Wildman–Crippen MR) is 70.6 cm³/mol. The van der Waals surface area contributed by atoms with E-state index in [1.54, 1.807) is 0 Å². The summed E-state index contributed by atoms with van der Waals surface area (Å²) in [4.78, 5) is 0.